The molecule has 0 amide bonds. The van der Waals surface area contributed by atoms with Crippen LogP contribution in [0.15, 0.2) is 22.9 Å². The number of carboxylic acid groups (broad SMARTS) is 1. The normalized spacial score (nSPS) is 11.1. The van der Waals surface area contributed by atoms with Crippen molar-refractivity contribution in [1.29, 1.82) is 0 Å². The third-order valence-corrected chi connectivity index (χ3v) is 3.34. The van der Waals surface area contributed by atoms with Gasteiger partial charge < -0.3 is 5.11 Å². The Morgan fingerprint density at radius 1 is 1.50 bits per heavy atom. The van der Waals surface area contributed by atoms with E-state index in [4.69, 9.17) is 5.11 Å². The zero-order valence-corrected chi connectivity index (χ0v) is 10.5. The molecule has 0 spiro atoms. The second-order valence-corrected chi connectivity index (χ2v) is 5.59. The number of nitrogens with zero attached hydrogens (tertiary/aromatic N) is 1. The first-order valence-corrected chi connectivity index (χ1v) is 6.67. The number of hydrogen-bond acceptors (Lipinski definition) is 4. The van der Waals surface area contributed by atoms with Gasteiger partial charge >= 0.3 is 5.97 Å². The SMILES string of the molecule is O=C(O)CCS(=O)(=O)Nc1ccc(Br)nc1. The largest absolute Gasteiger partial charge is 0.481 e. The molecule has 0 unspecified atom stereocenters. The Kier molecular flexibility index (Phi) is 4.25. The molecular formula is C8H9BrN2O4S. The summed E-state index contributed by atoms with van der Waals surface area (Å²) in [4.78, 5) is 14.1. The fraction of sp³-hybridized carbons (Fsp3) is 0.250. The van der Waals surface area contributed by atoms with Crippen molar-refractivity contribution < 1.29 is 18.3 Å². The number of aliphatic carboxylic acids is 1. The minimum absolute atomic E-state index is 0.300. The quantitative estimate of drug-likeness (QED) is 0.793. The minimum Gasteiger partial charge on any atom is -0.481 e. The average molecular weight is 309 g/mol. The molecule has 1 rings (SSSR count). The Balaban J connectivity index is 2.65. The van der Waals surface area contributed by atoms with Crippen molar-refractivity contribution in [1.82, 2.24) is 4.98 Å². The Bertz CT molecular complexity index is 471. The monoisotopic (exact) mass is 308 g/mol. The molecule has 0 saturated heterocycles. The molecular weight excluding hydrogens is 300 g/mol. The van der Waals surface area contributed by atoms with Crippen LogP contribution in [0.5, 0.6) is 0 Å². The van der Waals surface area contributed by atoms with Gasteiger partial charge in [-0.25, -0.2) is 13.4 Å². The Morgan fingerprint density at radius 3 is 2.69 bits per heavy atom. The molecule has 88 valence electrons. The van der Waals surface area contributed by atoms with E-state index >= 15 is 0 Å². The van der Waals surface area contributed by atoms with Gasteiger partial charge in [-0.3, -0.25) is 9.52 Å². The van der Waals surface area contributed by atoms with Crippen molar-refractivity contribution in [2.75, 3.05) is 10.5 Å². The average Bonchev–Trinajstić information content (AvgIpc) is 2.19. The zero-order valence-electron chi connectivity index (χ0n) is 8.05. The molecule has 0 atom stereocenters. The predicted molar refractivity (Wildman–Crippen MR) is 61.6 cm³/mol. The van der Waals surface area contributed by atoms with Crippen molar-refractivity contribution in [3.05, 3.63) is 22.9 Å². The maximum absolute atomic E-state index is 11.4. The lowest BCUT2D eigenvalue weighted by Crippen LogP contribution is -2.18. The second-order valence-electron chi connectivity index (χ2n) is 2.93. The van der Waals surface area contributed by atoms with Crippen LogP contribution >= 0.6 is 15.9 Å². The predicted octanol–water partition coefficient (Wildman–Crippen LogP) is 1.06. The topological polar surface area (TPSA) is 96.4 Å². The Labute approximate surface area is 101 Å². The lowest BCUT2D eigenvalue weighted by Gasteiger charge is -2.05. The molecule has 0 radical (unpaired) electrons. The Hall–Kier alpha value is -1.15. The highest BCUT2D eigenvalue weighted by Gasteiger charge is 2.12. The van der Waals surface area contributed by atoms with Crippen molar-refractivity contribution >= 4 is 37.6 Å². The number of aromatic nitrogens is 1. The summed E-state index contributed by atoms with van der Waals surface area (Å²) >= 11 is 3.11. The maximum Gasteiger partial charge on any atom is 0.304 e. The summed E-state index contributed by atoms with van der Waals surface area (Å²) < 4.78 is 25.6. The summed E-state index contributed by atoms with van der Waals surface area (Å²) in [5.41, 5.74) is 0.300. The third kappa shape index (κ3) is 4.58. The van der Waals surface area contributed by atoms with Gasteiger partial charge in [0.15, 0.2) is 0 Å². The van der Waals surface area contributed by atoms with Crippen LogP contribution in [0.4, 0.5) is 5.69 Å². The van der Waals surface area contributed by atoms with Gasteiger partial charge in [-0.2, -0.15) is 0 Å². The van der Waals surface area contributed by atoms with Crippen LogP contribution in [-0.4, -0.2) is 30.2 Å². The summed E-state index contributed by atoms with van der Waals surface area (Å²) in [6.07, 6.45) is 0.904. The highest BCUT2D eigenvalue weighted by atomic mass is 79.9. The van der Waals surface area contributed by atoms with Crippen LogP contribution in [0.2, 0.25) is 0 Å². The molecule has 0 saturated carbocycles. The highest BCUT2D eigenvalue weighted by molar-refractivity contribution is 9.10. The highest BCUT2D eigenvalue weighted by Crippen LogP contribution is 2.12. The fourth-order valence-electron chi connectivity index (χ4n) is 0.888. The van der Waals surface area contributed by atoms with E-state index in [1.54, 1.807) is 6.07 Å². The number of pyridine rings is 1. The molecule has 1 heterocycles. The van der Waals surface area contributed by atoms with Gasteiger partial charge in [0.25, 0.3) is 0 Å². The molecule has 0 aromatic carbocycles. The van der Waals surface area contributed by atoms with Gasteiger partial charge in [-0.1, -0.05) is 0 Å². The van der Waals surface area contributed by atoms with E-state index in [0.717, 1.165) is 0 Å². The number of rotatable bonds is 5. The summed E-state index contributed by atoms with van der Waals surface area (Å²) in [6.45, 7) is 0. The maximum atomic E-state index is 11.4. The molecule has 1 aromatic rings. The van der Waals surface area contributed by atoms with Gasteiger partial charge in [0.05, 0.1) is 24.1 Å². The van der Waals surface area contributed by atoms with Crippen LogP contribution in [-0.2, 0) is 14.8 Å². The molecule has 16 heavy (non-hydrogen) atoms. The van der Waals surface area contributed by atoms with Crippen LogP contribution in [0, 0.1) is 0 Å². The van der Waals surface area contributed by atoms with Gasteiger partial charge in [0, 0.05) is 0 Å². The van der Waals surface area contributed by atoms with E-state index in [0.29, 0.717) is 10.3 Å². The third-order valence-electron chi connectivity index (χ3n) is 1.59. The molecule has 0 aliphatic carbocycles. The number of anilines is 1. The molecule has 2 N–H and O–H groups in total. The first-order valence-electron chi connectivity index (χ1n) is 4.23. The van der Waals surface area contributed by atoms with Crippen molar-refractivity contribution in [2.24, 2.45) is 0 Å². The summed E-state index contributed by atoms with van der Waals surface area (Å²) in [5, 5.41) is 8.37. The molecule has 8 heteroatoms. The zero-order chi connectivity index (χ0) is 12.2. The fourth-order valence-corrected chi connectivity index (χ4v) is 2.15. The summed E-state index contributed by atoms with van der Waals surface area (Å²) in [7, 11) is -3.63. The van der Waals surface area contributed by atoms with E-state index in [9.17, 15) is 13.2 Å². The first kappa shape index (κ1) is 12.9. The molecule has 1 aromatic heterocycles. The number of carbonyl (C=O) groups is 1. The molecule has 0 aliphatic rings. The van der Waals surface area contributed by atoms with Gasteiger partial charge in [-0.15, -0.1) is 0 Å². The molecule has 0 aliphatic heterocycles. The van der Waals surface area contributed by atoms with E-state index in [2.05, 4.69) is 25.6 Å². The van der Waals surface area contributed by atoms with Gasteiger partial charge in [0.2, 0.25) is 10.0 Å². The van der Waals surface area contributed by atoms with Crippen molar-refractivity contribution in [3.63, 3.8) is 0 Å². The number of halogens is 1. The second kappa shape index (κ2) is 5.26. The molecule has 0 bridgehead atoms. The summed E-state index contributed by atoms with van der Waals surface area (Å²) in [6, 6.07) is 3.10. The number of carboxylic acids is 1. The summed E-state index contributed by atoms with van der Waals surface area (Å²) in [5.74, 6) is -1.61. The van der Waals surface area contributed by atoms with Gasteiger partial charge in [-0.05, 0) is 28.1 Å². The first-order chi connectivity index (χ1) is 7.39. The van der Waals surface area contributed by atoms with E-state index in [-0.39, 0.29) is 0 Å². The van der Waals surface area contributed by atoms with Crippen LogP contribution < -0.4 is 4.72 Å². The number of nitrogens with one attached hydrogen (secondary N) is 1. The smallest absolute Gasteiger partial charge is 0.304 e. The van der Waals surface area contributed by atoms with Crippen molar-refractivity contribution in [3.8, 4) is 0 Å². The van der Waals surface area contributed by atoms with Gasteiger partial charge in [0.1, 0.15) is 4.60 Å². The number of hydrogen-bond donors (Lipinski definition) is 2. The lowest BCUT2D eigenvalue weighted by atomic mass is 10.4. The minimum atomic E-state index is -3.63. The van der Waals surface area contributed by atoms with E-state index < -0.39 is 28.2 Å². The van der Waals surface area contributed by atoms with Crippen LogP contribution in [0.25, 0.3) is 0 Å². The standard InChI is InChI=1S/C8H9BrN2O4S/c9-7-2-1-6(5-10-7)11-16(14,15)4-3-8(12)13/h1-2,5,11H,3-4H2,(H,12,13). The molecule has 6 nitrogen and oxygen atoms in total. The van der Waals surface area contributed by atoms with Crippen molar-refractivity contribution in [2.45, 2.75) is 6.42 Å². The molecule has 0 fully saturated rings. The van der Waals surface area contributed by atoms with Crippen LogP contribution in [0.3, 0.4) is 0 Å². The van der Waals surface area contributed by atoms with E-state index in [1.165, 1.54) is 12.3 Å². The van der Waals surface area contributed by atoms with E-state index in [1.807, 2.05) is 0 Å². The lowest BCUT2D eigenvalue weighted by molar-refractivity contribution is -0.136. The van der Waals surface area contributed by atoms with Crippen LogP contribution in [0.1, 0.15) is 6.42 Å². The Morgan fingerprint density at radius 2 is 2.19 bits per heavy atom. The number of sulfonamides is 1.